The van der Waals surface area contributed by atoms with Crippen LogP contribution in [0.5, 0.6) is 0 Å². The average molecular weight is 275 g/mol. The van der Waals surface area contributed by atoms with E-state index in [0.29, 0.717) is 19.8 Å². The van der Waals surface area contributed by atoms with Crippen LogP contribution in [0, 0.1) is 0 Å². The summed E-state index contributed by atoms with van der Waals surface area (Å²) in [5, 5.41) is 2.86. The SMILES string of the molecule is Bc1cccc(C2(CNC(=O)OC(C)(C)C)COC2)c1. The minimum atomic E-state index is -0.476. The molecule has 0 bridgehead atoms. The van der Waals surface area contributed by atoms with Crippen molar-refractivity contribution in [2.45, 2.75) is 31.8 Å². The topological polar surface area (TPSA) is 47.6 Å². The summed E-state index contributed by atoms with van der Waals surface area (Å²) in [4.78, 5) is 11.8. The molecule has 1 heterocycles. The van der Waals surface area contributed by atoms with Crippen LogP contribution in [0.3, 0.4) is 0 Å². The number of ether oxygens (including phenoxy) is 2. The lowest BCUT2D eigenvalue weighted by molar-refractivity contribution is -0.0594. The van der Waals surface area contributed by atoms with Gasteiger partial charge < -0.3 is 14.8 Å². The molecule has 1 aliphatic rings. The number of benzene rings is 1. The Bertz CT molecular complexity index is 492. The fraction of sp³-hybridized carbons (Fsp3) is 0.533. The van der Waals surface area contributed by atoms with Crippen molar-refractivity contribution in [3.8, 4) is 0 Å². The zero-order valence-corrected chi connectivity index (χ0v) is 12.7. The molecule has 0 atom stereocenters. The summed E-state index contributed by atoms with van der Waals surface area (Å²) in [6.07, 6.45) is -0.378. The van der Waals surface area contributed by atoms with Gasteiger partial charge in [0, 0.05) is 6.54 Å². The van der Waals surface area contributed by atoms with Gasteiger partial charge in [0.15, 0.2) is 0 Å². The Balaban J connectivity index is 2.01. The number of carbonyl (C=O) groups is 1. The highest BCUT2D eigenvalue weighted by Crippen LogP contribution is 2.31. The zero-order chi connectivity index (χ0) is 14.8. The van der Waals surface area contributed by atoms with Gasteiger partial charge in [0.05, 0.1) is 18.6 Å². The molecular formula is C15H22BNO3. The Morgan fingerprint density at radius 3 is 2.65 bits per heavy atom. The van der Waals surface area contributed by atoms with Crippen molar-refractivity contribution in [2.24, 2.45) is 0 Å². The summed E-state index contributed by atoms with van der Waals surface area (Å²) in [5.74, 6) is 0. The van der Waals surface area contributed by atoms with Crippen molar-refractivity contribution in [3.05, 3.63) is 29.8 Å². The molecule has 0 saturated carbocycles. The number of hydrogen-bond acceptors (Lipinski definition) is 3. The highest BCUT2D eigenvalue weighted by atomic mass is 16.6. The van der Waals surface area contributed by atoms with Crippen molar-refractivity contribution >= 4 is 19.4 Å². The van der Waals surface area contributed by atoms with Crippen molar-refractivity contribution in [2.75, 3.05) is 19.8 Å². The molecule has 0 aliphatic carbocycles. The number of nitrogens with one attached hydrogen (secondary N) is 1. The summed E-state index contributed by atoms with van der Waals surface area (Å²) in [7, 11) is 2.07. The number of amides is 1. The van der Waals surface area contributed by atoms with E-state index in [0.717, 1.165) is 0 Å². The largest absolute Gasteiger partial charge is 0.444 e. The lowest BCUT2D eigenvalue weighted by Crippen LogP contribution is -2.55. The van der Waals surface area contributed by atoms with Crippen LogP contribution in [-0.4, -0.2) is 39.3 Å². The van der Waals surface area contributed by atoms with E-state index in [2.05, 4.69) is 31.4 Å². The van der Waals surface area contributed by atoms with Crippen LogP contribution < -0.4 is 10.8 Å². The van der Waals surface area contributed by atoms with Crippen LogP contribution in [0.1, 0.15) is 26.3 Å². The second kappa shape index (κ2) is 5.48. The van der Waals surface area contributed by atoms with Crippen molar-refractivity contribution in [1.29, 1.82) is 0 Å². The first-order valence-corrected chi connectivity index (χ1v) is 6.93. The van der Waals surface area contributed by atoms with E-state index in [4.69, 9.17) is 9.47 Å². The third-order valence-electron chi connectivity index (χ3n) is 3.36. The third-order valence-corrected chi connectivity index (χ3v) is 3.36. The lowest BCUT2D eigenvalue weighted by Gasteiger charge is -2.42. The van der Waals surface area contributed by atoms with E-state index in [1.165, 1.54) is 11.0 Å². The number of alkyl carbamates (subject to hydrolysis) is 1. The molecule has 1 fully saturated rings. The summed E-state index contributed by atoms with van der Waals surface area (Å²) >= 11 is 0. The summed E-state index contributed by atoms with van der Waals surface area (Å²) in [5.41, 5.74) is 1.82. The second-order valence-electron chi connectivity index (χ2n) is 6.50. The normalized spacial score (nSPS) is 17.1. The van der Waals surface area contributed by atoms with Gasteiger partial charge in [-0.1, -0.05) is 29.7 Å². The van der Waals surface area contributed by atoms with Crippen molar-refractivity contribution in [1.82, 2.24) is 5.32 Å². The molecule has 1 N–H and O–H groups in total. The van der Waals surface area contributed by atoms with Gasteiger partial charge in [-0.25, -0.2) is 4.79 Å². The van der Waals surface area contributed by atoms with E-state index >= 15 is 0 Å². The molecule has 0 radical (unpaired) electrons. The van der Waals surface area contributed by atoms with Crippen LogP contribution in [0.25, 0.3) is 0 Å². The molecule has 2 rings (SSSR count). The lowest BCUT2D eigenvalue weighted by atomic mass is 9.76. The van der Waals surface area contributed by atoms with Crippen molar-refractivity contribution < 1.29 is 14.3 Å². The fourth-order valence-electron chi connectivity index (χ4n) is 2.25. The fourth-order valence-corrected chi connectivity index (χ4v) is 2.25. The van der Waals surface area contributed by atoms with Crippen LogP contribution in [0.2, 0.25) is 0 Å². The maximum atomic E-state index is 11.8. The number of hydrogen-bond donors (Lipinski definition) is 1. The Morgan fingerprint density at radius 2 is 2.15 bits per heavy atom. The quantitative estimate of drug-likeness (QED) is 0.828. The molecule has 1 aliphatic heterocycles. The Morgan fingerprint density at radius 1 is 1.45 bits per heavy atom. The smallest absolute Gasteiger partial charge is 0.407 e. The van der Waals surface area contributed by atoms with Crippen molar-refractivity contribution in [3.63, 3.8) is 0 Å². The first-order valence-electron chi connectivity index (χ1n) is 6.93. The zero-order valence-electron chi connectivity index (χ0n) is 12.7. The van der Waals surface area contributed by atoms with Gasteiger partial charge in [0.1, 0.15) is 13.4 Å². The maximum absolute atomic E-state index is 11.8. The van der Waals surface area contributed by atoms with Crippen LogP contribution in [0.4, 0.5) is 4.79 Å². The molecule has 0 spiro atoms. The van der Waals surface area contributed by atoms with Crippen LogP contribution in [-0.2, 0) is 14.9 Å². The Kier molecular flexibility index (Phi) is 4.09. The van der Waals surface area contributed by atoms with Gasteiger partial charge in [-0.3, -0.25) is 0 Å². The Labute approximate surface area is 121 Å². The Hall–Kier alpha value is -1.49. The standard InChI is InChI=1S/C15H22BNO3/c1-14(2,3)20-13(18)17-8-15(9-19-10-15)11-5-4-6-12(16)7-11/h4-7H,8-10,16H2,1-3H3,(H,17,18). The van der Waals surface area contributed by atoms with Gasteiger partial charge in [-0.2, -0.15) is 0 Å². The molecular weight excluding hydrogens is 253 g/mol. The highest BCUT2D eigenvalue weighted by Gasteiger charge is 2.40. The minimum Gasteiger partial charge on any atom is -0.444 e. The highest BCUT2D eigenvalue weighted by molar-refractivity contribution is 6.32. The van der Waals surface area contributed by atoms with Gasteiger partial charge in [0.25, 0.3) is 0 Å². The number of carbonyl (C=O) groups excluding carboxylic acids is 1. The molecule has 0 unspecified atom stereocenters. The van der Waals surface area contributed by atoms with E-state index in [1.54, 1.807) is 0 Å². The van der Waals surface area contributed by atoms with Gasteiger partial charge in [-0.15, -0.1) is 0 Å². The second-order valence-corrected chi connectivity index (χ2v) is 6.50. The van der Waals surface area contributed by atoms with Gasteiger partial charge in [-0.05, 0) is 26.3 Å². The van der Waals surface area contributed by atoms with Crippen LogP contribution >= 0.6 is 0 Å². The van der Waals surface area contributed by atoms with Gasteiger partial charge in [0.2, 0.25) is 0 Å². The first-order chi connectivity index (χ1) is 9.31. The van der Waals surface area contributed by atoms with E-state index in [9.17, 15) is 4.79 Å². The average Bonchev–Trinajstić information content (AvgIpc) is 2.25. The predicted molar refractivity (Wildman–Crippen MR) is 81.4 cm³/mol. The molecule has 4 nitrogen and oxygen atoms in total. The molecule has 1 saturated heterocycles. The molecule has 5 heteroatoms. The van der Waals surface area contributed by atoms with E-state index in [1.807, 2.05) is 26.8 Å². The van der Waals surface area contributed by atoms with Gasteiger partial charge >= 0.3 is 6.09 Å². The molecule has 0 aromatic heterocycles. The van der Waals surface area contributed by atoms with E-state index < -0.39 is 5.60 Å². The monoisotopic (exact) mass is 275 g/mol. The third kappa shape index (κ3) is 3.54. The number of rotatable bonds is 3. The summed E-state index contributed by atoms with van der Waals surface area (Å²) in [6.45, 7) is 7.37. The molecule has 1 aromatic carbocycles. The maximum Gasteiger partial charge on any atom is 0.407 e. The first kappa shape index (κ1) is 14.9. The molecule has 1 amide bonds. The van der Waals surface area contributed by atoms with E-state index in [-0.39, 0.29) is 11.5 Å². The molecule has 1 aromatic rings. The molecule has 108 valence electrons. The van der Waals surface area contributed by atoms with Crippen LogP contribution in [0.15, 0.2) is 24.3 Å². The molecule has 20 heavy (non-hydrogen) atoms. The predicted octanol–water partition coefficient (Wildman–Crippen LogP) is 0.738. The minimum absolute atomic E-state index is 0.122. The summed E-state index contributed by atoms with van der Waals surface area (Å²) in [6, 6.07) is 8.35. The summed E-state index contributed by atoms with van der Waals surface area (Å²) < 4.78 is 10.6.